The molecule has 0 fully saturated rings. The van der Waals surface area contributed by atoms with E-state index in [-0.39, 0.29) is 21.9 Å². The van der Waals surface area contributed by atoms with Gasteiger partial charge in [0.05, 0.1) is 5.56 Å². The number of hydrogen-bond acceptors (Lipinski definition) is 5. The molecule has 1 rings (SSSR count). The summed E-state index contributed by atoms with van der Waals surface area (Å²) >= 11 is 34.1. The monoisotopic (exact) mass is 568 g/mol. The topological polar surface area (TPSA) is 61.8 Å². The number of carbonyl (C=O) groups is 2. The lowest BCUT2D eigenvalue weighted by atomic mass is 10.1. The molecule has 0 aromatic heterocycles. The maximum Gasteiger partial charge on any atom is 0.361 e. The van der Waals surface area contributed by atoms with Crippen molar-refractivity contribution in [3.8, 4) is 0 Å². The van der Waals surface area contributed by atoms with Crippen LogP contribution in [0.25, 0.3) is 0 Å². The maximum absolute atomic E-state index is 13.0. The molecule has 0 bridgehead atoms. The second kappa shape index (κ2) is 10.3. The summed E-state index contributed by atoms with van der Waals surface area (Å²) in [6.07, 6.45) is -1.62. The minimum absolute atomic E-state index is 0.0616. The van der Waals surface area contributed by atoms with Gasteiger partial charge in [-0.1, -0.05) is 115 Å². The molecule has 1 aromatic rings. The molecule has 0 N–H and O–H groups in total. The number of allylic oxidation sites excluding steroid dienone is 1. The Hall–Kier alpha value is -0.343. The molecule has 0 aliphatic rings. The molecule has 31 heavy (non-hydrogen) atoms. The lowest BCUT2D eigenvalue weighted by Crippen LogP contribution is -2.42. The Morgan fingerprint density at radius 2 is 1.45 bits per heavy atom. The fourth-order valence-electron chi connectivity index (χ4n) is 1.84. The van der Waals surface area contributed by atoms with Crippen LogP contribution in [0.4, 0.5) is 0 Å². The van der Waals surface area contributed by atoms with Crippen LogP contribution in [0.15, 0.2) is 36.6 Å². The van der Waals surface area contributed by atoms with Crippen molar-refractivity contribution in [2.75, 3.05) is 0 Å². The average molecular weight is 571 g/mol. The van der Waals surface area contributed by atoms with Crippen molar-refractivity contribution in [2.45, 2.75) is 52.8 Å². The van der Waals surface area contributed by atoms with Crippen LogP contribution in [-0.2, 0) is 18.7 Å². The first-order chi connectivity index (χ1) is 13.8. The second-order valence-corrected chi connectivity index (χ2v) is 17.3. The Balaban J connectivity index is 3.41. The standard InChI is InChI=1S/C19H22Cl6O5Si/c1-11(18(20,21)22)28-15(29-16(27)19(23,24)25)13-10-8-7-9-12(13)14(26)30-31(5,6)17(2,3)4/h7-10,15H,1H2,2-6H3. The zero-order valence-electron chi connectivity index (χ0n) is 17.4. The maximum atomic E-state index is 13.0. The molecule has 0 saturated carbocycles. The third kappa shape index (κ3) is 8.18. The number of halogens is 6. The fraction of sp³-hybridized carbons (Fsp3) is 0.474. The molecular weight excluding hydrogens is 549 g/mol. The van der Waals surface area contributed by atoms with E-state index in [0.717, 1.165) is 0 Å². The molecule has 0 amide bonds. The summed E-state index contributed by atoms with van der Waals surface area (Å²) in [5.41, 5.74) is 0.149. The van der Waals surface area contributed by atoms with Gasteiger partial charge >= 0.3 is 11.9 Å². The third-order valence-corrected chi connectivity index (χ3v) is 10.0. The Labute approximate surface area is 212 Å². The SMILES string of the molecule is C=C(OC(OC(=O)C(Cl)(Cl)Cl)c1ccccc1C(=O)O[Si](C)(C)C(C)(C)C)C(Cl)(Cl)Cl. The smallest absolute Gasteiger partial charge is 0.361 e. The predicted molar refractivity (Wildman–Crippen MR) is 129 cm³/mol. The lowest BCUT2D eigenvalue weighted by Gasteiger charge is -2.35. The summed E-state index contributed by atoms with van der Waals surface area (Å²) in [6.45, 7) is 13.3. The van der Waals surface area contributed by atoms with Crippen molar-refractivity contribution in [3.63, 3.8) is 0 Å². The highest BCUT2D eigenvalue weighted by atomic mass is 35.6. The Bertz CT molecular complexity index is 811. The molecule has 0 spiro atoms. The van der Waals surface area contributed by atoms with Gasteiger partial charge in [-0.2, -0.15) is 0 Å². The van der Waals surface area contributed by atoms with E-state index in [1.54, 1.807) is 12.1 Å². The summed E-state index contributed by atoms with van der Waals surface area (Å²) in [5, 5.41) is -0.237. The Morgan fingerprint density at radius 3 is 1.90 bits per heavy atom. The van der Waals surface area contributed by atoms with Crippen molar-refractivity contribution in [2.24, 2.45) is 0 Å². The van der Waals surface area contributed by atoms with Crippen LogP contribution >= 0.6 is 69.6 Å². The van der Waals surface area contributed by atoms with Crippen molar-refractivity contribution in [1.82, 2.24) is 0 Å². The lowest BCUT2D eigenvalue weighted by molar-refractivity contribution is -0.172. The summed E-state index contributed by atoms with van der Waals surface area (Å²) < 4.78 is 12.0. The number of carbonyl (C=O) groups excluding carboxylic acids is 2. The molecule has 1 aromatic carbocycles. The van der Waals surface area contributed by atoms with Crippen molar-refractivity contribution in [1.29, 1.82) is 0 Å². The molecule has 0 aliphatic heterocycles. The molecular formula is C19H22Cl6O5Si. The van der Waals surface area contributed by atoms with Gasteiger partial charge in [-0.15, -0.1) is 0 Å². The van der Waals surface area contributed by atoms with E-state index in [0.29, 0.717) is 0 Å². The first-order valence-corrected chi connectivity index (χ1v) is 14.0. The third-order valence-electron chi connectivity index (χ3n) is 4.60. The van der Waals surface area contributed by atoms with Crippen LogP contribution in [0.3, 0.4) is 0 Å². The van der Waals surface area contributed by atoms with Crippen molar-refractivity contribution >= 4 is 89.9 Å². The molecule has 1 unspecified atom stereocenters. The van der Waals surface area contributed by atoms with Gasteiger partial charge in [-0.05, 0) is 24.2 Å². The van der Waals surface area contributed by atoms with Gasteiger partial charge in [0.15, 0.2) is 0 Å². The number of esters is 1. The summed E-state index contributed by atoms with van der Waals surface area (Å²) in [6, 6.07) is 6.12. The number of hydrogen-bond donors (Lipinski definition) is 0. The highest BCUT2D eigenvalue weighted by molar-refractivity contribution is 6.76. The number of benzene rings is 1. The van der Waals surface area contributed by atoms with E-state index >= 15 is 0 Å². The average Bonchev–Trinajstić information content (AvgIpc) is 2.57. The Morgan fingerprint density at radius 1 is 0.935 bits per heavy atom. The summed E-state index contributed by atoms with van der Waals surface area (Å²) in [5.74, 6) is -2.29. The summed E-state index contributed by atoms with van der Waals surface area (Å²) in [7, 11) is -2.47. The first-order valence-electron chi connectivity index (χ1n) is 8.80. The minimum Gasteiger partial charge on any atom is -0.516 e. The molecule has 0 heterocycles. The molecule has 0 saturated heterocycles. The number of rotatable bonds is 6. The van der Waals surface area contributed by atoms with Gasteiger partial charge in [0, 0.05) is 5.56 Å². The van der Waals surface area contributed by atoms with Crippen LogP contribution in [0.5, 0.6) is 0 Å². The van der Waals surface area contributed by atoms with E-state index in [1.807, 2.05) is 33.9 Å². The molecule has 174 valence electrons. The number of ether oxygens (including phenoxy) is 2. The minimum atomic E-state index is -2.47. The van der Waals surface area contributed by atoms with Gasteiger partial charge in [0.25, 0.3) is 18.4 Å². The summed E-state index contributed by atoms with van der Waals surface area (Å²) in [4.78, 5) is 25.2. The zero-order chi connectivity index (χ0) is 24.4. The van der Waals surface area contributed by atoms with Crippen LogP contribution in [0.1, 0.15) is 43.0 Å². The van der Waals surface area contributed by atoms with Gasteiger partial charge < -0.3 is 13.9 Å². The fourth-order valence-corrected chi connectivity index (χ4v) is 2.99. The highest BCUT2D eigenvalue weighted by Gasteiger charge is 2.42. The highest BCUT2D eigenvalue weighted by Crippen LogP contribution is 2.40. The molecule has 1 atom stereocenters. The number of alkyl halides is 6. The first kappa shape index (κ1) is 28.7. The molecule has 12 heteroatoms. The van der Waals surface area contributed by atoms with Crippen LogP contribution in [-0.4, -0.2) is 27.8 Å². The predicted octanol–water partition coefficient (Wildman–Crippen LogP) is 7.66. The van der Waals surface area contributed by atoms with Gasteiger partial charge in [0.1, 0.15) is 5.76 Å². The van der Waals surface area contributed by atoms with Crippen molar-refractivity contribution < 1.29 is 23.5 Å². The zero-order valence-corrected chi connectivity index (χ0v) is 22.9. The van der Waals surface area contributed by atoms with Crippen LogP contribution in [0, 0.1) is 0 Å². The van der Waals surface area contributed by atoms with E-state index < -0.39 is 34.1 Å². The van der Waals surface area contributed by atoms with Gasteiger partial charge in [0.2, 0.25) is 3.79 Å². The van der Waals surface area contributed by atoms with Crippen LogP contribution < -0.4 is 0 Å². The molecule has 5 nitrogen and oxygen atoms in total. The van der Waals surface area contributed by atoms with E-state index in [1.165, 1.54) is 12.1 Å². The largest absolute Gasteiger partial charge is 0.516 e. The second-order valence-electron chi connectivity index (χ2n) is 8.01. The van der Waals surface area contributed by atoms with Gasteiger partial charge in [-0.3, -0.25) is 0 Å². The van der Waals surface area contributed by atoms with Crippen molar-refractivity contribution in [3.05, 3.63) is 47.7 Å². The normalized spacial score (nSPS) is 13.9. The Kier molecular flexibility index (Phi) is 9.52. The van der Waals surface area contributed by atoms with Crippen LogP contribution in [0.2, 0.25) is 18.1 Å². The van der Waals surface area contributed by atoms with E-state index in [2.05, 4.69) is 6.58 Å². The van der Waals surface area contributed by atoms with Gasteiger partial charge in [-0.25, -0.2) is 9.59 Å². The van der Waals surface area contributed by atoms with E-state index in [4.69, 9.17) is 83.5 Å². The van der Waals surface area contributed by atoms with E-state index in [9.17, 15) is 9.59 Å². The quantitative estimate of drug-likeness (QED) is 0.115. The molecule has 0 aliphatic carbocycles. The molecule has 0 radical (unpaired) electrons.